The van der Waals surface area contributed by atoms with Crippen LogP contribution in [-0.2, 0) is 17.9 Å². The van der Waals surface area contributed by atoms with Gasteiger partial charge in [-0.3, -0.25) is 9.69 Å². The number of likely N-dealkylation sites (tertiary alicyclic amines) is 1. The predicted molar refractivity (Wildman–Crippen MR) is 81.1 cm³/mol. The third kappa shape index (κ3) is 4.32. The molecule has 0 aromatic heterocycles. The van der Waals surface area contributed by atoms with Gasteiger partial charge < -0.3 is 11.1 Å². The molecule has 0 radical (unpaired) electrons. The zero-order valence-electron chi connectivity index (χ0n) is 12.3. The molecule has 1 aromatic carbocycles. The number of carbonyl (C=O) groups is 1. The van der Waals surface area contributed by atoms with Gasteiger partial charge in [-0.15, -0.1) is 0 Å². The molecular formula is C16H25N3O. The van der Waals surface area contributed by atoms with E-state index < -0.39 is 6.04 Å². The van der Waals surface area contributed by atoms with Crippen molar-refractivity contribution >= 4 is 5.91 Å². The standard InChI is InChI=1S/C16H25N3O/c1-2-15(17)16(20)18-11-13-5-7-14(8-6-13)12-19-9-3-4-10-19/h5-8,15H,2-4,9-12,17H2,1H3,(H,18,20)/t15-/m0/s1. The highest BCUT2D eigenvalue weighted by Gasteiger charge is 2.12. The molecule has 1 heterocycles. The maximum absolute atomic E-state index is 11.6. The van der Waals surface area contributed by atoms with E-state index in [2.05, 4.69) is 34.5 Å². The van der Waals surface area contributed by atoms with Crippen LogP contribution in [0.1, 0.15) is 37.3 Å². The number of nitrogens with two attached hydrogens (primary N) is 1. The molecule has 1 fully saturated rings. The minimum absolute atomic E-state index is 0.0753. The molecule has 1 atom stereocenters. The predicted octanol–water partition coefficient (Wildman–Crippen LogP) is 1.64. The Labute approximate surface area is 121 Å². The molecule has 2 rings (SSSR count). The Hall–Kier alpha value is -1.39. The van der Waals surface area contributed by atoms with Crippen LogP contribution in [0.4, 0.5) is 0 Å². The van der Waals surface area contributed by atoms with E-state index in [0.29, 0.717) is 13.0 Å². The summed E-state index contributed by atoms with van der Waals surface area (Å²) in [4.78, 5) is 14.1. The molecule has 1 aromatic rings. The summed E-state index contributed by atoms with van der Waals surface area (Å²) in [6, 6.07) is 8.08. The number of hydrogen-bond acceptors (Lipinski definition) is 3. The lowest BCUT2D eigenvalue weighted by Crippen LogP contribution is -2.39. The second-order valence-electron chi connectivity index (χ2n) is 5.53. The molecule has 0 bridgehead atoms. The van der Waals surface area contributed by atoms with Gasteiger partial charge in [0, 0.05) is 13.1 Å². The van der Waals surface area contributed by atoms with Crippen LogP contribution in [0.5, 0.6) is 0 Å². The average Bonchev–Trinajstić information content (AvgIpc) is 2.98. The van der Waals surface area contributed by atoms with E-state index in [1.165, 1.54) is 31.5 Å². The minimum Gasteiger partial charge on any atom is -0.351 e. The third-order valence-corrected chi connectivity index (χ3v) is 3.87. The van der Waals surface area contributed by atoms with Crippen molar-refractivity contribution in [1.82, 2.24) is 10.2 Å². The largest absolute Gasteiger partial charge is 0.351 e. The first-order chi connectivity index (χ1) is 9.69. The van der Waals surface area contributed by atoms with Crippen LogP contribution in [0, 0.1) is 0 Å². The number of benzene rings is 1. The molecule has 0 unspecified atom stereocenters. The van der Waals surface area contributed by atoms with Crippen molar-refractivity contribution < 1.29 is 4.79 Å². The Kier molecular flexibility index (Phi) is 5.56. The van der Waals surface area contributed by atoms with Crippen LogP contribution < -0.4 is 11.1 Å². The van der Waals surface area contributed by atoms with Crippen molar-refractivity contribution in [3.8, 4) is 0 Å². The molecule has 0 spiro atoms. The van der Waals surface area contributed by atoms with Gasteiger partial charge in [0.25, 0.3) is 0 Å². The summed E-state index contributed by atoms with van der Waals surface area (Å²) in [6.07, 6.45) is 3.31. The smallest absolute Gasteiger partial charge is 0.237 e. The van der Waals surface area contributed by atoms with Crippen LogP contribution in [0.25, 0.3) is 0 Å². The van der Waals surface area contributed by atoms with Crippen molar-refractivity contribution in [1.29, 1.82) is 0 Å². The summed E-state index contributed by atoms with van der Waals surface area (Å²) in [5, 5.41) is 2.87. The highest BCUT2D eigenvalue weighted by atomic mass is 16.2. The molecular weight excluding hydrogens is 250 g/mol. The fourth-order valence-electron chi connectivity index (χ4n) is 2.47. The van der Waals surface area contributed by atoms with Crippen molar-refractivity contribution in [3.63, 3.8) is 0 Å². The maximum Gasteiger partial charge on any atom is 0.237 e. The van der Waals surface area contributed by atoms with Gasteiger partial charge in [0.1, 0.15) is 0 Å². The van der Waals surface area contributed by atoms with Crippen LogP contribution in [0.3, 0.4) is 0 Å². The first-order valence-electron chi connectivity index (χ1n) is 7.52. The van der Waals surface area contributed by atoms with E-state index in [9.17, 15) is 4.79 Å². The van der Waals surface area contributed by atoms with Gasteiger partial charge in [-0.25, -0.2) is 0 Å². The zero-order valence-corrected chi connectivity index (χ0v) is 12.3. The molecule has 3 N–H and O–H groups in total. The highest BCUT2D eigenvalue weighted by Crippen LogP contribution is 2.13. The molecule has 1 aliphatic heterocycles. The summed E-state index contributed by atoms with van der Waals surface area (Å²) in [6.45, 7) is 5.93. The second kappa shape index (κ2) is 7.41. The monoisotopic (exact) mass is 275 g/mol. The van der Waals surface area contributed by atoms with Crippen LogP contribution in [0.15, 0.2) is 24.3 Å². The SMILES string of the molecule is CC[C@H](N)C(=O)NCc1ccc(CN2CCCC2)cc1. The second-order valence-corrected chi connectivity index (χ2v) is 5.53. The molecule has 1 saturated heterocycles. The van der Waals surface area contributed by atoms with E-state index in [0.717, 1.165) is 12.1 Å². The number of rotatable bonds is 6. The molecule has 4 heteroatoms. The van der Waals surface area contributed by atoms with Gasteiger partial charge >= 0.3 is 0 Å². The Morgan fingerprint density at radius 3 is 2.45 bits per heavy atom. The van der Waals surface area contributed by atoms with E-state index in [-0.39, 0.29) is 5.91 Å². The number of amides is 1. The average molecular weight is 275 g/mol. The number of nitrogens with zero attached hydrogens (tertiary/aromatic N) is 1. The van der Waals surface area contributed by atoms with Gasteiger partial charge in [-0.1, -0.05) is 31.2 Å². The quantitative estimate of drug-likeness (QED) is 0.829. The molecule has 0 aliphatic carbocycles. The number of hydrogen-bond donors (Lipinski definition) is 2. The Balaban J connectivity index is 1.80. The number of nitrogens with one attached hydrogen (secondary N) is 1. The normalized spacial score (nSPS) is 17.1. The molecule has 1 amide bonds. The Morgan fingerprint density at radius 2 is 1.85 bits per heavy atom. The summed E-state index contributed by atoms with van der Waals surface area (Å²) in [5.74, 6) is -0.0753. The van der Waals surface area contributed by atoms with E-state index in [1.807, 2.05) is 6.92 Å². The van der Waals surface area contributed by atoms with Crippen molar-refractivity contribution in [3.05, 3.63) is 35.4 Å². The Morgan fingerprint density at radius 1 is 1.25 bits per heavy atom. The molecule has 20 heavy (non-hydrogen) atoms. The van der Waals surface area contributed by atoms with Gasteiger partial charge in [0.2, 0.25) is 5.91 Å². The summed E-state index contributed by atoms with van der Waals surface area (Å²) in [5.41, 5.74) is 8.14. The van der Waals surface area contributed by atoms with Gasteiger partial charge in [-0.05, 0) is 43.5 Å². The Bertz CT molecular complexity index is 424. The lowest BCUT2D eigenvalue weighted by Gasteiger charge is -2.15. The minimum atomic E-state index is -0.399. The first-order valence-corrected chi connectivity index (χ1v) is 7.52. The topological polar surface area (TPSA) is 58.4 Å². The fourth-order valence-corrected chi connectivity index (χ4v) is 2.47. The van der Waals surface area contributed by atoms with Crippen LogP contribution >= 0.6 is 0 Å². The fraction of sp³-hybridized carbons (Fsp3) is 0.562. The van der Waals surface area contributed by atoms with Crippen molar-refractivity contribution in [2.45, 2.75) is 45.3 Å². The first kappa shape index (κ1) is 15.0. The summed E-state index contributed by atoms with van der Waals surface area (Å²) >= 11 is 0. The lowest BCUT2D eigenvalue weighted by molar-refractivity contribution is -0.122. The summed E-state index contributed by atoms with van der Waals surface area (Å²) < 4.78 is 0. The molecule has 4 nitrogen and oxygen atoms in total. The third-order valence-electron chi connectivity index (χ3n) is 3.87. The van der Waals surface area contributed by atoms with Gasteiger partial charge in [0.15, 0.2) is 0 Å². The molecule has 0 saturated carbocycles. The van der Waals surface area contributed by atoms with E-state index in [4.69, 9.17) is 5.73 Å². The highest BCUT2D eigenvalue weighted by molar-refractivity contribution is 5.81. The van der Waals surface area contributed by atoms with Gasteiger partial charge in [0.05, 0.1) is 6.04 Å². The lowest BCUT2D eigenvalue weighted by atomic mass is 10.1. The zero-order chi connectivity index (χ0) is 14.4. The molecule has 110 valence electrons. The van der Waals surface area contributed by atoms with Crippen LogP contribution in [0.2, 0.25) is 0 Å². The van der Waals surface area contributed by atoms with E-state index in [1.54, 1.807) is 0 Å². The van der Waals surface area contributed by atoms with Crippen LogP contribution in [-0.4, -0.2) is 29.9 Å². The van der Waals surface area contributed by atoms with E-state index >= 15 is 0 Å². The summed E-state index contributed by atoms with van der Waals surface area (Å²) in [7, 11) is 0. The number of carbonyl (C=O) groups excluding carboxylic acids is 1. The maximum atomic E-state index is 11.6. The van der Waals surface area contributed by atoms with Gasteiger partial charge in [-0.2, -0.15) is 0 Å². The molecule has 1 aliphatic rings. The van der Waals surface area contributed by atoms with Crippen molar-refractivity contribution in [2.24, 2.45) is 5.73 Å². The van der Waals surface area contributed by atoms with Crippen molar-refractivity contribution in [2.75, 3.05) is 13.1 Å².